The van der Waals surface area contributed by atoms with Crippen LogP contribution in [0.5, 0.6) is 5.75 Å². The fourth-order valence-corrected chi connectivity index (χ4v) is 4.27. The number of ether oxygens (including phenoxy) is 1. The number of methoxy groups -OCH3 is 1. The molecule has 2 heterocycles. The van der Waals surface area contributed by atoms with Gasteiger partial charge in [-0.3, -0.25) is 9.79 Å². The Kier molecular flexibility index (Phi) is 5.69. The molecule has 2 aromatic carbocycles. The van der Waals surface area contributed by atoms with Crippen LogP contribution in [0.3, 0.4) is 0 Å². The number of rotatable bonds is 5. The number of hydrogen-bond donors (Lipinski definition) is 1. The van der Waals surface area contributed by atoms with Crippen LogP contribution < -0.4 is 15.0 Å². The largest absolute Gasteiger partial charge is 0.497 e. The Morgan fingerprint density at radius 3 is 2.76 bits per heavy atom. The summed E-state index contributed by atoms with van der Waals surface area (Å²) < 4.78 is 5.26. The highest BCUT2D eigenvalue weighted by Crippen LogP contribution is 2.29. The van der Waals surface area contributed by atoms with Crippen LogP contribution in [0.2, 0.25) is 0 Å². The molecule has 0 spiro atoms. The van der Waals surface area contributed by atoms with Gasteiger partial charge < -0.3 is 19.9 Å². The third-order valence-corrected chi connectivity index (χ3v) is 5.83. The zero-order chi connectivity index (χ0) is 20.2. The number of hydrogen-bond acceptors (Lipinski definition) is 3. The summed E-state index contributed by atoms with van der Waals surface area (Å²) in [6, 6.07) is 16.4. The van der Waals surface area contributed by atoms with Crippen LogP contribution in [0.1, 0.15) is 23.5 Å². The van der Waals surface area contributed by atoms with E-state index in [4.69, 9.17) is 4.74 Å². The number of para-hydroxylation sites is 1. The Bertz CT molecular complexity index is 894. The van der Waals surface area contributed by atoms with E-state index in [1.807, 2.05) is 48.3 Å². The molecule has 1 fully saturated rings. The summed E-state index contributed by atoms with van der Waals surface area (Å²) in [6.07, 6.45) is 1.60. The van der Waals surface area contributed by atoms with Crippen LogP contribution >= 0.6 is 0 Å². The monoisotopic (exact) mass is 392 g/mol. The number of anilines is 1. The number of nitrogens with zero attached hydrogens (tertiary/aromatic N) is 3. The average molecular weight is 393 g/mol. The second-order valence-corrected chi connectivity index (χ2v) is 7.53. The summed E-state index contributed by atoms with van der Waals surface area (Å²) in [5, 5.41) is 3.44. The Balaban J connectivity index is 1.31. The van der Waals surface area contributed by atoms with Gasteiger partial charge in [0.2, 0.25) is 5.91 Å². The molecular formula is C23H28N4O2. The van der Waals surface area contributed by atoms with Gasteiger partial charge in [0, 0.05) is 44.8 Å². The lowest BCUT2D eigenvalue weighted by molar-refractivity contribution is -0.117. The van der Waals surface area contributed by atoms with E-state index in [-0.39, 0.29) is 5.91 Å². The molecule has 0 aliphatic carbocycles. The van der Waals surface area contributed by atoms with Gasteiger partial charge in [0.1, 0.15) is 5.75 Å². The fourth-order valence-electron chi connectivity index (χ4n) is 4.27. The summed E-state index contributed by atoms with van der Waals surface area (Å²) in [4.78, 5) is 21.0. The molecule has 1 N–H and O–H groups in total. The van der Waals surface area contributed by atoms with Crippen molar-refractivity contribution in [3.8, 4) is 5.75 Å². The Labute approximate surface area is 172 Å². The van der Waals surface area contributed by atoms with Gasteiger partial charge in [-0.05, 0) is 35.7 Å². The van der Waals surface area contributed by atoms with Crippen molar-refractivity contribution in [2.24, 2.45) is 4.99 Å². The van der Waals surface area contributed by atoms with E-state index < -0.39 is 0 Å². The number of likely N-dealkylation sites (tertiary alicyclic amines) is 1. The van der Waals surface area contributed by atoms with E-state index in [1.165, 1.54) is 5.56 Å². The van der Waals surface area contributed by atoms with Crippen molar-refractivity contribution >= 4 is 17.6 Å². The summed E-state index contributed by atoms with van der Waals surface area (Å²) in [7, 11) is 3.51. The topological polar surface area (TPSA) is 57.2 Å². The average Bonchev–Trinajstić information content (AvgIpc) is 3.36. The molecule has 4 rings (SSSR count). The number of aliphatic imine (C=N–C) groups is 1. The lowest BCUT2D eigenvalue weighted by Gasteiger charge is -2.24. The van der Waals surface area contributed by atoms with Crippen LogP contribution in [0.25, 0.3) is 0 Å². The first-order chi connectivity index (χ1) is 14.2. The fraction of sp³-hybridized carbons (Fsp3) is 0.391. The van der Waals surface area contributed by atoms with Gasteiger partial charge >= 0.3 is 0 Å². The van der Waals surface area contributed by atoms with Crippen LogP contribution in [-0.2, 0) is 11.2 Å². The van der Waals surface area contributed by atoms with E-state index in [0.717, 1.165) is 42.5 Å². The van der Waals surface area contributed by atoms with Crippen LogP contribution in [0.15, 0.2) is 53.5 Å². The molecule has 2 aliphatic rings. The molecule has 0 bridgehead atoms. The van der Waals surface area contributed by atoms with Crippen molar-refractivity contribution in [1.82, 2.24) is 10.2 Å². The maximum atomic E-state index is 12.3. The molecule has 2 aliphatic heterocycles. The molecule has 6 nitrogen and oxygen atoms in total. The Morgan fingerprint density at radius 1 is 1.21 bits per heavy atom. The number of amides is 1. The predicted molar refractivity (Wildman–Crippen MR) is 116 cm³/mol. The van der Waals surface area contributed by atoms with Gasteiger partial charge in [-0.25, -0.2) is 0 Å². The molecule has 0 saturated carbocycles. The molecule has 2 aromatic rings. The standard InChI is InChI=1S/C23H28N4O2/c1-24-23(25-12-14-27-21-6-4-3-5-18(21)15-22(27)28)26-13-11-19(16-26)17-7-9-20(29-2)10-8-17/h3-10,19H,11-16H2,1-2H3,(H,24,25). The molecule has 6 heteroatoms. The molecular weight excluding hydrogens is 364 g/mol. The first-order valence-electron chi connectivity index (χ1n) is 10.2. The van der Waals surface area contributed by atoms with Crippen LogP contribution in [-0.4, -0.2) is 57.1 Å². The summed E-state index contributed by atoms with van der Waals surface area (Å²) in [5.41, 5.74) is 3.49. The zero-order valence-corrected chi connectivity index (χ0v) is 17.1. The van der Waals surface area contributed by atoms with Gasteiger partial charge in [-0.2, -0.15) is 0 Å². The number of carbonyl (C=O) groups is 1. The Hall–Kier alpha value is -3.02. The molecule has 1 amide bonds. The number of nitrogens with one attached hydrogen (secondary N) is 1. The lowest BCUT2D eigenvalue weighted by Crippen LogP contribution is -2.43. The third-order valence-electron chi connectivity index (χ3n) is 5.83. The van der Waals surface area contributed by atoms with Gasteiger partial charge in [-0.1, -0.05) is 30.3 Å². The minimum Gasteiger partial charge on any atom is -0.497 e. The van der Waals surface area contributed by atoms with E-state index in [1.54, 1.807) is 7.11 Å². The minimum atomic E-state index is 0.170. The number of benzene rings is 2. The van der Waals surface area contributed by atoms with Gasteiger partial charge in [0.25, 0.3) is 0 Å². The molecule has 152 valence electrons. The summed E-state index contributed by atoms with van der Waals surface area (Å²) in [6.45, 7) is 3.24. The van der Waals surface area contributed by atoms with Crippen molar-refractivity contribution in [3.63, 3.8) is 0 Å². The number of carbonyl (C=O) groups excluding carboxylic acids is 1. The maximum absolute atomic E-state index is 12.3. The van der Waals surface area contributed by atoms with E-state index in [9.17, 15) is 4.79 Å². The van der Waals surface area contributed by atoms with Crippen molar-refractivity contribution in [1.29, 1.82) is 0 Å². The smallest absolute Gasteiger partial charge is 0.231 e. The first kappa shape index (κ1) is 19.3. The van der Waals surface area contributed by atoms with Gasteiger partial charge in [0.15, 0.2) is 5.96 Å². The SMILES string of the molecule is CN=C(NCCN1C(=O)Cc2ccccc21)N1CCC(c2ccc(OC)cc2)C1. The van der Waals surface area contributed by atoms with Crippen molar-refractivity contribution in [2.45, 2.75) is 18.8 Å². The highest BCUT2D eigenvalue weighted by Gasteiger charge is 2.28. The number of fused-ring (bicyclic) bond motifs is 1. The van der Waals surface area contributed by atoms with Gasteiger partial charge in [-0.15, -0.1) is 0 Å². The molecule has 0 aromatic heterocycles. The molecule has 1 unspecified atom stereocenters. The molecule has 1 saturated heterocycles. The van der Waals surface area contributed by atoms with Gasteiger partial charge in [0.05, 0.1) is 13.5 Å². The maximum Gasteiger partial charge on any atom is 0.231 e. The van der Waals surface area contributed by atoms with Crippen molar-refractivity contribution in [2.75, 3.05) is 45.2 Å². The van der Waals surface area contributed by atoms with E-state index in [2.05, 4.69) is 27.3 Å². The first-order valence-corrected chi connectivity index (χ1v) is 10.2. The second-order valence-electron chi connectivity index (χ2n) is 7.53. The van der Waals surface area contributed by atoms with E-state index in [0.29, 0.717) is 25.4 Å². The predicted octanol–water partition coefficient (Wildman–Crippen LogP) is 2.65. The third kappa shape index (κ3) is 4.06. The highest BCUT2D eigenvalue weighted by atomic mass is 16.5. The Morgan fingerprint density at radius 2 is 2.00 bits per heavy atom. The summed E-state index contributed by atoms with van der Waals surface area (Å²) in [5.74, 6) is 2.45. The van der Waals surface area contributed by atoms with E-state index >= 15 is 0 Å². The molecule has 0 radical (unpaired) electrons. The van der Waals surface area contributed by atoms with Crippen LogP contribution in [0, 0.1) is 0 Å². The zero-order valence-electron chi connectivity index (χ0n) is 17.1. The molecule has 29 heavy (non-hydrogen) atoms. The summed E-state index contributed by atoms with van der Waals surface area (Å²) >= 11 is 0. The van der Waals surface area contributed by atoms with Crippen molar-refractivity contribution < 1.29 is 9.53 Å². The molecule has 1 atom stereocenters. The quantitative estimate of drug-likeness (QED) is 0.628. The normalized spacial score (nSPS) is 18.9. The second kappa shape index (κ2) is 8.55. The lowest BCUT2D eigenvalue weighted by atomic mass is 9.98. The van der Waals surface area contributed by atoms with Crippen molar-refractivity contribution in [3.05, 3.63) is 59.7 Å². The van der Waals surface area contributed by atoms with Crippen LogP contribution in [0.4, 0.5) is 5.69 Å². The highest BCUT2D eigenvalue weighted by molar-refractivity contribution is 6.01. The number of guanidine groups is 1. The minimum absolute atomic E-state index is 0.170.